The van der Waals surface area contributed by atoms with E-state index in [1.807, 2.05) is 0 Å². The summed E-state index contributed by atoms with van der Waals surface area (Å²) < 4.78 is 27.8. The fourth-order valence-electron chi connectivity index (χ4n) is 1.51. The Morgan fingerprint density at radius 3 is 2.33 bits per heavy atom. The molecule has 1 saturated heterocycles. The van der Waals surface area contributed by atoms with Crippen LogP contribution in [0.15, 0.2) is 18.5 Å². The predicted molar refractivity (Wildman–Crippen MR) is 67.7 cm³/mol. The number of rotatable bonds is 2. The van der Waals surface area contributed by atoms with E-state index < -0.39 is 10.0 Å². The molecule has 0 spiro atoms. The van der Waals surface area contributed by atoms with Gasteiger partial charge in [-0.25, -0.2) is 8.42 Å². The van der Waals surface area contributed by atoms with E-state index >= 15 is 0 Å². The number of halogens is 2. The number of hydrogen-bond acceptors (Lipinski definition) is 3. The Labute approximate surface area is 110 Å². The maximum Gasteiger partial charge on any atom is 0.252 e. The molecule has 1 fully saturated rings. The van der Waals surface area contributed by atoms with Gasteiger partial charge >= 0.3 is 0 Å². The minimum absolute atomic E-state index is 0.406. The van der Waals surface area contributed by atoms with Gasteiger partial charge in [0, 0.05) is 17.6 Å². The molecule has 1 aliphatic heterocycles. The molecule has 2 rings (SSSR count). The van der Waals surface area contributed by atoms with Crippen molar-refractivity contribution in [2.45, 2.75) is 17.1 Å². The van der Waals surface area contributed by atoms with Gasteiger partial charge in [0.2, 0.25) is 0 Å². The van der Waals surface area contributed by atoms with Crippen molar-refractivity contribution in [2.75, 3.05) is 13.1 Å². The van der Waals surface area contributed by atoms with Crippen molar-refractivity contribution in [2.24, 2.45) is 0 Å². The van der Waals surface area contributed by atoms with E-state index in [9.17, 15) is 8.42 Å². The van der Waals surface area contributed by atoms with Crippen LogP contribution in [-0.2, 0) is 10.0 Å². The third kappa shape index (κ3) is 2.31. The van der Waals surface area contributed by atoms with E-state index in [1.165, 1.54) is 11.3 Å². The SMILES string of the molecule is O=S(=O)(c1cc(Br)c(Br)s1)N1CCCC1. The molecule has 0 atom stereocenters. The normalized spacial score (nSPS) is 18.5. The molecule has 3 nitrogen and oxygen atoms in total. The molecule has 0 radical (unpaired) electrons. The maximum absolute atomic E-state index is 12.1. The second kappa shape index (κ2) is 4.44. The molecule has 0 aliphatic carbocycles. The van der Waals surface area contributed by atoms with Crippen LogP contribution < -0.4 is 0 Å². The molecule has 15 heavy (non-hydrogen) atoms. The summed E-state index contributed by atoms with van der Waals surface area (Å²) in [5, 5.41) is 0. The van der Waals surface area contributed by atoms with Crippen LogP contribution in [0.1, 0.15) is 12.8 Å². The summed E-state index contributed by atoms with van der Waals surface area (Å²) in [7, 11) is -3.25. The first-order chi connectivity index (χ1) is 7.01. The summed E-state index contributed by atoms with van der Waals surface area (Å²) in [5.74, 6) is 0. The lowest BCUT2D eigenvalue weighted by Crippen LogP contribution is -2.27. The Balaban J connectivity index is 2.36. The van der Waals surface area contributed by atoms with Gasteiger partial charge in [-0.05, 0) is 50.8 Å². The number of nitrogens with zero attached hydrogens (tertiary/aromatic N) is 1. The zero-order valence-corrected chi connectivity index (χ0v) is 12.5. The van der Waals surface area contributed by atoms with Crippen molar-refractivity contribution in [3.8, 4) is 0 Å². The van der Waals surface area contributed by atoms with Crippen molar-refractivity contribution in [1.82, 2.24) is 4.31 Å². The zero-order chi connectivity index (χ0) is 11.1. The Hall–Kier alpha value is 0.570. The lowest BCUT2D eigenvalue weighted by molar-refractivity contribution is 0.479. The smallest absolute Gasteiger partial charge is 0.206 e. The predicted octanol–water partition coefficient (Wildman–Crippen LogP) is 3.06. The van der Waals surface area contributed by atoms with Gasteiger partial charge in [-0.15, -0.1) is 11.3 Å². The van der Waals surface area contributed by atoms with Gasteiger partial charge in [0.05, 0.1) is 3.79 Å². The van der Waals surface area contributed by atoms with Gasteiger partial charge in [0.25, 0.3) is 10.0 Å². The van der Waals surface area contributed by atoms with Crippen LogP contribution in [0.2, 0.25) is 0 Å². The fraction of sp³-hybridized carbons (Fsp3) is 0.500. The number of sulfonamides is 1. The number of hydrogen-bond donors (Lipinski definition) is 0. The molecule has 0 aromatic carbocycles. The van der Waals surface area contributed by atoms with Gasteiger partial charge in [0.1, 0.15) is 4.21 Å². The standard InChI is InChI=1S/C8H9Br2NO2S2/c9-6-5-7(14-8(6)10)15(12,13)11-3-1-2-4-11/h5H,1-4H2. The highest BCUT2D eigenvalue weighted by molar-refractivity contribution is 9.13. The first-order valence-electron chi connectivity index (χ1n) is 4.47. The maximum atomic E-state index is 12.1. The highest BCUT2D eigenvalue weighted by atomic mass is 79.9. The monoisotopic (exact) mass is 373 g/mol. The molecule has 1 aromatic rings. The summed E-state index contributed by atoms with van der Waals surface area (Å²) in [4.78, 5) is 0. The Kier molecular flexibility index (Phi) is 3.57. The first-order valence-corrected chi connectivity index (χ1v) is 8.31. The summed E-state index contributed by atoms with van der Waals surface area (Å²) in [6.45, 7) is 1.30. The molecular formula is C8H9Br2NO2S2. The average molecular weight is 375 g/mol. The molecule has 1 aliphatic rings. The van der Waals surface area contributed by atoms with Gasteiger partial charge in [-0.2, -0.15) is 4.31 Å². The van der Waals surface area contributed by atoms with E-state index in [4.69, 9.17) is 0 Å². The second-order valence-electron chi connectivity index (χ2n) is 3.30. The summed E-state index contributed by atoms with van der Waals surface area (Å²) >= 11 is 7.85. The van der Waals surface area contributed by atoms with Crippen molar-refractivity contribution in [3.63, 3.8) is 0 Å². The van der Waals surface area contributed by atoms with E-state index in [2.05, 4.69) is 31.9 Å². The van der Waals surface area contributed by atoms with E-state index in [0.29, 0.717) is 17.3 Å². The van der Waals surface area contributed by atoms with E-state index in [-0.39, 0.29) is 0 Å². The molecule has 2 heterocycles. The molecule has 84 valence electrons. The van der Waals surface area contributed by atoms with Crippen LogP contribution in [0, 0.1) is 0 Å². The third-order valence-electron chi connectivity index (χ3n) is 2.28. The average Bonchev–Trinajstić information content (AvgIpc) is 2.77. The van der Waals surface area contributed by atoms with Gasteiger partial charge in [0.15, 0.2) is 0 Å². The molecule has 1 aromatic heterocycles. The fourth-order valence-corrected chi connectivity index (χ4v) is 6.00. The van der Waals surface area contributed by atoms with Crippen LogP contribution in [0.3, 0.4) is 0 Å². The molecule has 7 heteroatoms. The van der Waals surface area contributed by atoms with Crippen LogP contribution in [0.25, 0.3) is 0 Å². The van der Waals surface area contributed by atoms with Crippen molar-refractivity contribution in [1.29, 1.82) is 0 Å². The quantitative estimate of drug-likeness (QED) is 0.797. The van der Waals surface area contributed by atoms with Gasteiger partial charge in [-0.3, -0.25) is 0 Å². The van der Waals surface area contributed by atoms with E-state index in [1.54, 1.807) is 10.4 Å². The Bertz CT molecular complexity index is 443. The molecule has 0 saturated carbocycles. The van der Waals surface area contributed by atoms with E-state index in [0.717, 1.165) is 21.1 Å². The Morgan fingerprint density at radius 2 is 1.87 bits per heavy atom. The lowest BCUT2D eigenvalue weighted by Gasteiger charge is -2.13. The van der Waals surface area contributed by atoms with Crippen LogP contribution in [-0.4, -0.2) is 25.8 Å². The summed E-state index contributed by atoms with van der Waals surface area (Å²) in [6.07, 6.45) is 1.93. The number of thiophene rings is 1. The highest BCUT2D eigenvalue weighted by Crippen LogP contribution is 2.36. The van der Waals surface area contributed by atoms with Crippen LogP contribution in [0.5, 0.6) is 0 Å². The Morgan fingerprint density at radius 1 is 1.27 bits per heavy atom. The molecule has 0 amide bonds. The summed E-state index contributed by atoms with van der Waals surface area (Å²) in [5.41, 5.74) is 0. The van der Waals surface area contributed by atoms with Crippen molar-refractivity contribution >= 4 is 53.2 Å². The van der Waals surface area contributed by atoms with Crippen LogP contribution in [0.4, 0.5) is 0 Å². The minimum Gasteiger partial charge on any atom is -0.206 e. The zero-order valence-electron chi connectivity index (χ0n) is 7.74. The molecule has 0 bridgehead atoms. The summed E-state index contributed by atoms with van der Waals surface area (Å²) in [6, 6.07) is 1.66. The van der Waals surface area contributed by atoms with Crippen molar-refractivity contribution in [3.05, 3.63) is 14.3 Å². The molecule has 0 unspecified atom stereocenters. The topological polar surface area (TPSA) is 37.4 Å². The van der Waals surface area contributed by atoms with Crippen molar-refractivity contribution < 1.29 is 8.42 Å². The largest absolute Gasteiger partial charge is 0.252 e. The van der Waals surface area contributed by atoms with Gasteiger partial charge in [-0.1, -0.05) is 0 Å². The lowest BCUT2D eigenvalue weighted by atomic mass is 10.4. The van der Waals surface area contributed by atoms with Gasteiger partial charge < -0.3 is 0 Å². The van der Waals surface area contributed by atoms with Crippen LogP contribution >= 0.6 is 43.2 Å². The first kappa shape index (κ1) is 12.0. The minimum atomic E-state index is -3.25. The highest BCUT2D eigenvalue weighted by Gasteiger charge is 2.29. The molecule has 0 N–H and O–H groups in total. The molecular weight excluding hydrogens is 366 g/mol. The second-order valence-corrected chi connectivity index (χ2v) is 8.69. The third-order valence-corrected chi connectivity index (χ3v) is 7.89.